The summed E-state index contributed by atoms with van der Waals surface area (Å²) in [7, 11) is 0. The second kappa shape index (κ2) is 17.5. The molecule has 0 spiro atoms. The van der Waals surface area contributed by atoms with Gasteiger partial charge in [-0.25, -0.2) is 4.79 Å². The van der Waals surface area contributed by atoms with Crippen LogP contribution < -0.4 is 0 Å². The van der Waals surface area contributed by atoms with Crippen LogP contribution in [0.5, 0.6) is 0 Å². The average molecular weight is 941 g/mol. The molecule has 5 aliphatic carbocycles. The molecule has 0 aromatic heterocycles. The Bertz CT molecular complexity index is 1860. The quantitative estimate of drug-likeness (QED) is 0.117. The van der Waals surface area contributed by atoms with Crippen LogP contribution in [-0.4, -0.2) is 168 Å². The molecule has 0 radical (unpaired) electrons. The van der Waals surface area contributed by atoms with Gasteiger partial charge >= 0.3 is 11.9 Å². The molecule has 3 heterocycles. The number of aliphatic hydroxyl groups is 8. The molecule has 3 aliphatic heterocycles. The van der Waals surface area contributed by atoms with Crippen LogP contribution in [0, 0.1) is 50.2 Å². The zero-order valence-corrected chi connectivity index (χ0v) is 39.6. The van der Waals surface area contributed by atoms with Crippen molar-refractivity contribution in [3.8, 4) is 0 Å². The Morgan fingerprint density at radius 1 is 0.667 bits per heavy atom. The number of allylic oxidation sites excluding steroid dienone is 2. The Kier molecular flexibility index (Phi) is 13.4. The summed E-state index contributed by atoms with van der Waals surface area (Å²) in [5.74, 6) is -1.86. The Morgan fingerprint density at radius 2 is 1.32 bits per heavy atom. The van der Waals surface area contributed by atoms with E-state index < -0.39 is 128 Å². The molecule has 376 valence electrons. The molecule has 10 N–H and O–H groups in total. The maximum Gasteiger partial charge on any atom is 0.335 e. The van der Waals surface area contributed by atoms with E-state index in [1.165, 1.54) is 12.5 Å². The summed E-state index contributed by atoms with van der Waals surface area (Å²) in [6, 6.07) is 0. The van der Waals surface area contributed by atoms with Gasteiger partial charge in [0.05, 0.1) is 24.2 Å². The fourth-order valence-electron chi connectivity index (χ4n) is 15.1. The van der Waals surface area contributed by atoms with E-state index in [1.54, 1.807) is 0 Å². The lowest BCUT2D eigenvalue weighted by molar-refractivity contribution is -0.388. The van der Waals surface area contributed by atoms with E-state index in [-0.39, 0.29) is 39.4 Å². The topological polar surface area (TPSA) is 292 Å². The third-order valence-corrected chi connectivity index (χ3v) is 19.3. The zero-order chi connectivity index (χ0) is 48.4. The predicted octanol–water partition coefficient (Wildman–Crippen LogP) is 1.83. The highest BCUT2D eigenvalue weighted by Crippen LogP contribution is 2.76. The fraction of sp³-hybridized carbons (Fsp3) is 0.917. The number of hydrogen-bond acceptors (Lipinski definition) is 16. The number of ether oxygens (including phenoxy) is 6. The minimum Gasteiger partial charge on any atom is -0.481 e. The smallest absolute Gasteiger partial charge is 0.335 e. The Labute approximate surface area is 386 Å². The molecular weight excluding hydrogens is 865 g/mol. The van der Waals surface area contributed by atoms with Crippen molar-refractivity contribution < 1.29 is 89.1 Å². The summed E-state index contributed by atoms with van der Waals surface area (Å²) in [6.45, 7) is 16.6. The molecule has 3 saturated heterocycles. The number of hydrogen-bond donors (Lipinski definition) is 10. The Hall–Kier alpha value is -1.88. The molecule has 0 aromatic rings. The SMILES string of the molecule is C[C@H]1O[C@@H](O[C@H]2[C@H](O)[C@@H](O[C@@H]3[C@H](O[C@@H]4CC[C@@]5(C)[C@H](CC[C@]6(C)[C@@H]5CC=C5[C@@H]7CC(C)(C)CC[C@]7(C(=O)O)CC[C@@]56C)C4(C)C)O[C@@H](C(=O)O)[C@H](O)[C@@H]3O)O[C@@H](CO)[C@@H]2O)[C@H](O)[C@H](O)[C@H]1O. The molecule has 7 fully saturated rings. The number of rotatable bonds is 9. The Morgan fingerprint density at radius 3 is 1.97 bits per heavy atom. The summed E-state index contributed by atoms with van der Waals surface area (Å²) in [5, 5.41) is 108. The molecule has 4 saturated carbocycles. The molecule has 8 aliphatic rings. The summed E-state index contributed by atoms with van der Waals surface area (Å²) < 4.78 is 35.9. The van der Waals surface area contributed by atoms with Crippen molar-refractivity contribution in [3.05, 3.63) is 11.6 Å². The number of carbonyl (C=O) groups is 2. The summed E-state index contributed by atoms with van der Waals surface area (Å²) in [4.78, 5) is 25.6. The molecule has 18 heteroatoms. The van der Waals surface area contributed by atoms with Crippen molar-refractivity contribution in [1.82, 2.24) is 0 Å². The van der Waals surface area contributed by atoms with Crippen LogP contribution in [0.15, 0.2) is 11.6 Å². The number of carboxylic acid groups (broad SMARTS) is 2. The number of aliphatic carboxylic acids is 2. The van der Waals surface area contributed by atoms with Crippen molar-refractivity contribution in [3.63, 3.8) is 0 Å². The van der Waals surface area contributed by atoms with Crippen LogP contribution in [-0.2, 0) is 38.0 Å². The first-order chi connectivity index (χ1) is 30.7. The van der Waals surface area contributed by atoms with Gasteiger partial charge in [0.15, 0.2) is 25.0 Å². The van der Waals surface area contributed by atoms with Gasteiger partial charge in [-0.15, -0.1) is 0 Å². The van der Waals surface area contributed by atoms with Crippen LogP contribution in [0.25, 0.3) is 0 Å². The molecule has 66 heavy (non-hydrogen) atoms. The van der Waals surface area contributed by atoms with Crippen molar-refractivity contribution in [1.29, 1.82) is 0 Å². The lowest BCUT2D eigenvalue weighted by Gasteiger charge is -2.71. The third kappa shape index (κ3) is 7.74. The zero-order valence-electron chi connectivity index (χ0n) is 39.6. The molecule has 0 amide bonds. The van der Waals surface area contributed by atoms with Gasteiger partial charge in [0.2, 0.25) is 0 Å². The first-order valence-corrected chi connectivity index (χ1v) is 24.2. The standard InChI is InChI=1S/C48H76O18/c1-21-28(50)30(52)33(55)39(61-21)64-35-29(51)24(20-49)62-40(34(35)56)66-37-32(54)31(53)36(38(57)58)65-41(37)63-27-12-13-45(6)25(44(27,4)5)11-14-47(8)26(45)10-9-22-23-19-43(2,3)15-17-48(23,42(59)60)18-16-46(22,47)7/h9,21,23-37,39-41,49-56H,10-20H2,1-8H3,(H,57,58)(H,59,60)/t21-,23+,24+,25-,26-,27-,28+,29+,30-,31-,32+,33-,34+,35-,36-,37+,39+,40-,41-,45+,46+,47-,48+/m1/s1. The normalized spacial score (nSPS) is 53.3. The van der Waals surface area contributed by atoms with Gasteiger partial charge in [-0.1, -0.05) is 60.1 Å². The maximum atomic E-state index is 13.1. The lowest BCUT2D eigenvalue weighted by Crippen LogP contribution is -2.68. The van der Waals surface area contributed by atoms with Crippen molar-refractivity contribution in [2.45, 2.75) is 218 Å². The van der Waals surface area contributed by atoms with Gasteiger partial charge in [-0.05, 0) is 116 Å². The average Bonchev–Trinajstić information content (AvgIpc) is 3.24. The van der Waals surface area contributed by atoms with Crippen LogP contribution >= 0.6 is 0 Å². The van der Waals surface area contributed by atoms with Crippen LogP contribution in [0.4, 0.5) is 0 Å². The summed E-state index contributed by atoms with van der Waals surface area (Å²) in [6.07, 6.45) is -16.0. The molecule has 0 unspecified atom stereocenters. The number of aliphatic hydroxyl groups excluding tert-OH is 8. The van der Waals surface area contributed by atoms with E-state index in [4.69, 9.17) is 28.4 Å². The van der Waals surface area contributed by atoms with Gasteiger partial charge in [0.25, 0.3) is 0 Å². The van der Waals surface area contributed by atoms with Crippen molar-refractivity contribution >= 4 is 11.9 Å². The first kappa shape index (κ1) is 50.5. The van der Waals surface area contributed by atoms with E-state index in [0.29, 0.717) is 19.3 Å². The van der Waals surface area contributed by atoms with E-state index in [0.717, 1.165) is 44.9 Å². The molecular formula is C48H76O18. The van der Waals surface area contributed by atoms with E-state index in [2.05, 4.69) is 54.5 Å². The molecule has 0 bridgehead atoms. The van der Waals surface area contributed by atoms with Crippen LogP contribution in [0.2, 0.25) is 0 Å². The number of carboxylic acids is 2. The van der Waals surface area contributed by atoms with Crippen molar-refractivity contribution in [2.75, 3.05) is 6.61 Å². The molecule has 18 nitrogen and oxygen atoms in total. The second-order valence-electron chi connectivity index (χ2n) is 23.5. The lowest BCUT2D eigenvalue weighted by atomic mass is 9.33. The highest BCUT2D eigenvalue weighted by Gasteiger charge is 2.70. The molecule has 8 rings (SSSR count). The monoisotopic (exact) mass is 941 g/mol. The summed E-state index contributed by atoms with van der Waals surface area (Å²) >= 11 is 0. The first-order valence-electron chi connectivity index (χ1n) is 24.2. The minimum atomic E-state index is -2.02. The predicted molar refractivity (Wildman–Crippen MR) is 230 cm³/mol. The number of fused-ring (bicyclic) bond motifs is 7. The highest BCUT2D eigenvalue weighted by atomic mass is 16.8. The largest absolute Gasteiger partial charge is 0.481 e. The van der Waals surface area contributed by atoms with E-state index in [9.17, 15) is 60.7 Å². The molecule has 0 aromatic carbocycles. The third-order valence-electron chi connectivity index (χ3n) is 19.3. The summed E-state index contributed by atoms with van der Waals surface area (Å²) in [5.41, 5.74) is -0.383. The van der Waals surface area contributed by atoms with Crippen LogP contribution in [0.1, 0.15) is 120 Å². The van der Waals surface area contributed by atoms with Gasteiger partial charge in [0.1, 0.15) is 61.0 Å². The minimum absolute atomic E-state index is 0.0136. The van der Waals surface area contributed by atoms with Crippen LogP contribution in [0.3, 0.4) is 0 Å². The fourth-order valence-corrected chi connectivity index (χ4v) is 15.1. The van der Waals surface area contributed by atoms with Crippen molar-refractivity contribution in [2.24, 2.45) is 50.2 Å². The van der Waals surface area contributed by atoms with E-state index in [1.807, 2.05) is 0 Å². The second-order valence-corrected chi connectivity index (χ2v) is 23.5. The van der Waals surface area contributed by atoms with E-state index >= 15 is 0 Å². The van der Waals surface area contributed by atoms with Gasteiger partial charge in [-0.2, -0.15) is 0 Å². The Balaban J connectivity index is 1.04. The highest BCUT2D eigenvalue weighted by molar-refractivity contribution is 5.76. The van der Waals surface area contributed by atoms with Gasteiger partial charge in [-0.3, -0.25) is 4.79 Å². The molecule has 23 atom stereocenters. The van der Waals surface area contributed by atoms with Gasteiger partial charge < -0.3 is 79.5 Å². The maximum absolute atomic E-state index is 13.1. The van der Waals surface area contributed by atoms with Gasteiger partial charge in [0, 0.05) is 0 Å².